The van der Waals surface area contributed by atoms with Crippen molar-refractivity contribution in [1.82, 2.24) is 10.6 Å². The van der Waals surface area contributed by atoms with Crippen molar-refractivity contribution in [3.63, 3.8) is 0 Å². The third-order valence-corrected chi connectivity index (χ3v) is 2.55. The van der Waals surface area contributed by atoms with E-state index >= 15 is 0 Å². The van der Waals surface area contributed by atoms with Crippen LogP contribution in [-0.2, 0) is 0 Å². The van der Waals surface area contributed by atoms with Gasteiger partial charge in [0.1, 0.15) is 5.75 Å². The lowest BCUT2D eigenvalue weighted by Crippen LogP contribution is -2.42. The predicted octanol–water partition coefficient (Wildman–Crippen LogP) is 1.94. The minimum atomic E-state index is -2.78. The number of rotatable bonds is 3. The monoisotopic (exact) mass is 264 g/mol. The van der Waals surface area contributed by atoms with Crippen molar-refractivity contribution in [2.45, 2.75) is 12.7 Å². The van der Waals surface area contributed by atoms with Gasteiger partial charge in [-0.3, -0.25) is 0 Å². The fourth-order valence-electron chi connectivity index (χ4n) is 1.84. The van der Waals surface area contributed by atoms with Crippen LogP contribution in [0, 0.1) is 0 Å². The molecule has 1 aliphatic heterocycles. The van der Waals surface area contributed by atoms with Crippen molar-refractivity contribution in [1.29, 1.82) is 0 Å². The Hall–Kier alpha value is -0.910. The fraction of sp³-hybridized carbons (Fsp3) is 0.455. The van der Waals surface area contributed by atoms with Gasteiger partial charge in [-0.25, -0.2) is 0 Å². The van der Waals surface area contributed by atoms with Crippen LogP contribution in [0.3, 0.4) is 0 Å². The molecule has 1 aromatic rings. The summed E-state index contributed by atoms with van der Waals surface area (Å²) in [5.41, 5.74) is 0.773. The van der Waals surface area contributed by atoms with Gasteiger partial charge in [0.2, 0.25) is 0 Å². The molecule has 0 aromatic heterocycles. The van der Waals surface area contributed by atoms with E-state index in [1.807, 2.05) is 12.1 Å². The molecule has 0 bridgehead atoms. The Kier molecular flexibility index (Phi) is 5.61. The van der Waals surface area contributed by atoms with E-state index < -0.39 is 6.61 Å². The van der Waals surface area contributed by atoms with Crippen LogP contribution in [0.1, 0.15) is 11.6 Å². The zero-order valence-electron chi connectivity index (χ0n) is 9.16. The fourth-order valence-corrected chi connectivity index (χ4v) is 1.84. The van der Waals surface area contributed by atoms with Crippen molar-refractivity contribution >= 4 is 12.4 Å². The topological polar surface area (TPSA) is 33.3 Å². The number of nitrogens with one attached hydrogen (secondary N) is 2. The number of ether oxygens (including phenoxy) is 1. The van der Waals surface area contributed by atoms with E-state index in [9.17, 15) is 8.78 Å². The van der Waals surface area contributed by atoms with Gasteiger partial charge in [0.15, 0.2) is 0 Å². The Balaban J connectivity index is 0.00000144. The van der Waals surface area contributed by atoms with E-state index in [0.29, 0.717) is 0 Å². The molecule has 0 amide bonds. The molecule has 1 aromatic carbocycles. The van der Waals surface area contributed by atoms with Crippen LogP contribution in [0.2, 0.25) is 0 Å². The Labute approximate surface area is 105 Å². The first-order valence-corrected chi connectivity index (χ1v) is 5.25. The van der Waals surface area contributed by atoms with Crippen LogP contribution in [0.5, 0.6) is 5.75 Å². The summed E-state index contributed by atoms with van der Waals surface area (Å²) >= 11 is 0. The number of benzene rings is 1. The number of piperazine rings is 1. The zero-order valence-corrected chi connectivity index (χ0v) is 9.97. The summed E-state index contributed by atoms with van der Waals surface area (Å²) in [6, 6.07) is 6.92. The van der Waals surface area contributed by atoms with E-state index in [4.69, 9.17) is 0 Å². The molecule has 1 saturated heterocycles. The van der Waals surface area contributed by atoms with E-state index in [0.717, 1.165) is 25.2 Å². The highest BCUT2D eigenvalue weighted by molar-refractivity contribution is 5.85. The highest BCUT2D eigenvalue weighted by Crippen LogP contribution is 2.26. The second-order valence-electron chi connectivity index (χ2n) is 3.63. The predicted molar refractivity (Wildman–Crippen MR) is 63.9 cm³/mol. The molecule has 0 saturated carbocycles. The molecular weight excluding hydrogens is 250 g/mol. The van der Waals surface area contributed by atoms with Crippen LogP contribution >= 0.6 is 12.4 Å². The number of halogens is 3. The summed E-state index contributed by atoms with van der Waals surface area (Å²) in [6.07, 6.45) is 0. The SMILES string of the molecule is Cl.FC(F)Oc1ccccc1[C@@H]1CNCCN1. The summed E-state index contributed by atoms with van der Waals surface area (Å²) in [5.74, 6) is 0.249. The van der Waals surface area contributed by atoms with Crippen molar-refractivity contribution < 1.29 is 13.5 Å². The molecule has 2 N–H and O–H groups in total. The molecule has 6 heteroatoms. The second-order valence-corrected chi connectivity index (χ2v) is 3.63. The van der Waals surface area contributed by atoms with Crippen molar-refractivity contribution in [3.8, 4) is 5.75 Å². The summed E-state index contributed by atoms with van der Waals surface area (Å²) in [6.45, 7) is -0.330. The van der Waals surface area contributed by atoms with Crippen LogP contribution in [0.15, 0.2) is 24.3 Å². The molecule has 1 aliphatic rings. The van der Waals surface area contributed by atoms with Crippen LogP contribution in [0.25, 0.3) is 0 Å². The van der Waals surface area contributed by atoms with Crippen molar-refractivity contribution in [2.24, 2.45) is 0 Å². The smallest absolute Gasteiger partial charge is 0.387 e. The van der Waals surface area contributed by atoms with Crippen molar-refractivity contribution in [2.75, 3.05) is 19.6 Å². The van der Waals surface area contributed by atoms with Gasteiger partial charge < -0.3 is 15.4 Å². The Morgan fingerprint density at radius 1 is 1.24 bits per heavy atom. The molecule has 96 valence electrons. The summed E-state index contributed by atoms with van der Waals surface area (Å²) in [4.78, 5) is 0. The quantitative estimate of drug-likeness (QED) is 0.875. The molecule has 0 spiro atoms. The molecule has 0 unspecified atom stereocenters. The molecule has 1 heterocycles. The van der Waals surface area contributed by atoms with Gasteiger partial charge in [-0.05, 0) is 6.07 Å². The van der Waals surface area contributed by atoms with E-state index in [1.165, 1.54) is 0 Å². The lowest BCUT2D eigenvalue weighted by atomic mass is 10.0. The number of para-hydroxylation sites is 1. The zero-order chi connectivity index (χ0) is 11.4. The van der Waals surface area contributed by atoms with Gasteiger partial charge >= 0.3 is 6.61 Å². The Bertz CT molecular complexity index is 346. The molecule has 17 heavy (non-hydrogen) atoms. The summed E-state index contributed by atoms with van der Waals surface area (Å²) in [7, 11) is 0. The third-order valence-electron chi connectivity index (χ3n) is 2.55. The first-order chi connectivity index (χ1) is 7.77. The maximum Gasteiger partial charge on any atom is 0.387 e. The first kappa shape index (κ1) is 14.2. The van der Waals surface area contributed by atoms with Gasteiger partial charge in [0.25, 0.3) is 0 Å². The summed E-state index contributed by atoms with van der Waals surface area (Å²) in [5, 5.41) is 6.47. The molecule has 2 rings (SSSR count). The van der Waals surface area contributed by atoms with Crippen LogP contribution in [-0.4, -0.2) is 26.2 Å². The van der Waals surface area contributed by atoms with E-state index in [-0.39, 0.29) is 24.2 Å². The lowest BCUT2D eigenvalue weighted by Gasteiger charge is -2.26. The van der Waals surface area contributed by atoms with Gasteiger partial charge in [0, 0.05) is 31.2 Å². The minimum Gasteiger partial charge on any atom is -0.434 e. The molecule has 0 aliphatic carbocycles. The lowest BCUT2D eigenvalue weighted by molar-refractivity contribution is -0.0507. The highest BCUT2D eigenvalue weighted by Gasteiger charge is 2.19. The van der Waals surface area contributed by atoms with Crippen LogP contribution in [0.4, 0.5) is 8.78 Å². The molecule has 3 nitrogen and oxygen atoms in total. The summed E-state index contributed by atoms with van der Waals surface area (Å²) < 4.78 is 28.9. The first-order valence-electron chi connectivity index (χ1n) is 5.25. The minimum absolute atomic E-state index is 0. The largest absolute Gasteiger partial charge is 0.434 e. The average molecular weight is 265 g/mol. The Morgan fingerprint density at radius 2 is 2.00 bits per heavy atom. The normalized spacial score (nSPS) is 19.8. The van der Waals surface area contributed by atoms with E-state index in [2.05, 4.69) is 15.4 Å². The highest BCUT2D eigenvalue weighted by atomic mass is 35.5. The van der Waals surface area contributed by atoms with Crippen molar-refractivity contribution in [3.05, 3.63) is 29.8 Å². The standard InChI is InChI=1S/C11H14F2N2O.ClH/c12-11(13)16-10-4-2-1-3-8(10)9-7-14-5-6-15-9;/h1-4,9,11,14-15H,5-7H2;1H/t9-;/m0./s1. The number of alkyl halides is 2. The number of hydrogen-bond donors (Lipinski definition) is 2. The Morgan fingerprint density at radius 3 is 2.65 bits per heavy atom. The molecule has 1 atom stereocenters. The van der Waals surface area contributed by atoms with Crippen LogP contribution < -0.4 is 15.4 Å². The number of hydrogen-bond acceptors (Lipinski definition) is 3. The molecule has 1 fully saturated rings. The second kappa shape index (κ2) is 6.74. The maximum atomic E-state index is 12.2. The van der Waals surface area contributed by atoms with Gasteiger partial charge in [-0.2, -0.15) is 8.78 Å². The average Bonchev–Trinajstić information content (AvgIpc) is 2.30. The third kappa shape index (κ3) is 3.80. The maximum absolute atomic E-state index is 12.2. The van der Waals surface area contributed by atoms with Gasteiger partial charge in [0.05, 0.1) is 0 Å². The molecule has 0 radical (unpaired) electrons. The molecular formula is C11H15ClF2N2O. The van der Waals surface area contributed by atoms with E-state index in [1.54, 1.807) is 12.1 Å². The van der Waals surface area contributed by atoms with Gasteiger partial charge in [-0.15, -0.1) is 12.4 Å². The van der Waals surface area contributed by atoms with Gasteiger partial charge in [-0.1, -0.05) is 18.2 Å².